The predicted octanol–water partition coefficient (Wildman–Crippen LogP) is 1.95. The second-order valence-electron chi connectivity index (χ2n) is 5.21. The number of halogens is 1. The molecule has 0 unspecified atom stereocenters. The van der Waals surface area contributed by atoms with Gasteiger partial charge in [-0.05, 0) is 31.4 Å². The zero-order valence-electron chi connectivity index (χ0n) is 11.8. The lowest BCUT2D eigenvalue weighted by molar-refractivity contribution is 0.0304. The number of sulfone groups is 1. The molecule has 0 bridgehead atoms. The summed E-state index contributed by atoms with van der Waals surface area (Å²) in [5, 5.41) is 5.95. The highest BCUT2D eigenvalue weighted by atomic mass is 32.2. The van der Waals surface area contributed by atoms with Crippen LogP contribution in [0.2, 0.25) is 0 Å². The molecule has 1 aromatic carbocycles. The SMILES string of the molecule is O=S(=O)(C[C@H]1CCCCO1)c1nc(-c2ccccc2F)n[nH]1. The van der Waals surface area contributed by atoms with Gasteiger partial charge in [-0.25, -0.2) is 17.9 Å². The molecule has 1 atom stereocenters. The zero-order valence-corrected chi connectivity index (χ0v) is 12.6. The van der Waals surface area contributed by atoms with E-state index in [-0.39, 0.29) is 28.4 Å². The fourth-order valence-corrected chi connectivity index (χ4v) is 3.73. The van der Waals surface area contributed by atoms with E-state index >= 15 is 0 Å². The Morgan fingerprint density at radius 1 is 1.32 bits per heavy atom. The number of aromatic nitrogens is 3. The number of H-pyrrole nitrogens is 1. The number of rotatable bonds is 4. The summed E-state index contributed by atoms with van der Waals surface area (Å²) in [6, 6.07) is 5.96. The Morgan fingerprint density at radius 2 is 2.14 bits per heavy atom. The molecule has 2 aromatic rings. The minimum atomic E-state index is -3.64. The maximum atomic E-state index is 13.7. The van der Waals surface area contributed by atoms with Crippen molar-refractivity contribution in [3.63, 3.8) is 0 Å². The molecule has 0 radical (unpaired) electrons. The Morgan fingerprint density at radius 3 is 2.86 bits per heavy atom. The van der Waals surface area contributed by atoms with Crippen LogP contribution in [0.1, 0.15) is 19.3 Å². The first-order valence-electron chi connectivity index (χ1n) is 7.08. The monoisotopic (exact) mass is 325 g/mol. The molecular formula is C14H16FN3O3S. The Hall–Kier alpha value is -1.80. The van der Waals surface area contributed by atoms with Gasteiger partial charge < -0.3 is 4.74 Å². The van der Waals surface area contributed by atoms with Crippen molar-refractivity contribution >= 4 is 9.84 Å². The van der Waals surface area contributed by atoms with Crippen LogP contribution in [0.25, 0.3) is 11.4 Å². The summed E-state index contributed by atoms with van der Waals surface area (Å²) in [6.45, 7) is 0.580. The van der Waals surface area contributed by atoms with Crippen molar-refractivity contribution in [1.82, 2.24) is 15.2 Å². The van der Waals surface area contributed by atoms with Crippen LogP contribution >= 0.6 is 0 Å². The molecule has 0 saturated carbocycles. The maximum Gasteiger partial charge on any atom is 0.243 e. The van der Waals surface area contributed by atoms with E-state index in [0.29, 0.717) is 13.0 Å². The van der Waals surface area contributed by atoms with E-state index < -0.39 is 15.7 Å². The van der Waals surface area contributed by atoms with Gasteiger partial charge in [0.25, 0.3) is 0 Å². The average Bonchev–Trinajstić information content (AvgIpc) is 2.99. The molecule has 1 fully saturated rings. The van der Waals surface area contributed by atoms with Crippen LogP contribution in [0.5, 0.6) is 0 Å². The van der Waals surface area contributed by atoms with Crippen molar-refractivity contribution in [2.45, 2.75) is 30.5 Å². The van der Waals surface area contributed by atoms with Crippen LogP contribution in [0.4, 0.5) is 4.39 Å². The zero-order chi connectivity index (χ0) is 15.6. The molecule has 118 valence electrons. The van der Waals surface area contributed by atoms with E-state index in [1.807, 2.05) is 0 Å². The number of aromatic amines is 1. The summed E-state index contributed by atoms with van der Waals surface area (Å²) in [6.07, 6.45) is 2.31. The summed E-state index contributed by atoms with van der Waals surface area (Å²) in [5.74, 6) is -0.610. The third kappa shape index (κ3) is 3.17. The van der Waals surface area contributed by atoms with Gasteiger partial charge in [0, 0.05) is 6.61 Å². The largest absolute Gasteiger partial charge is 0.377 e. The Balaban J connectivity index is 1.82. The predicted molar refractivity (Wildman–Crippen MR) is 77.4 cm³/mol. The molecule has 0 amide bonds. The van der Waals surface area contributed by atoms with Crippen LogP contribution in [-0.4, -0.2) is 42.1 Å². The third-order valence-electron chi connectivity index (χ3n) is 3.55. The summed E-state index contributed by atoms with van der Waals surface area (Å²) in [4.78, 5) is 3.93. The van der Waals surface area contributed by atoms with Crippen molar-refractivity contribution in [1.29, 1.82) is 0 Å². The van der Waals surface area contributed by atoms with Crippen LogP contribution in [-0.2, 0) is 14.6 Å². The van der Waals surface area contributed by atoms with Crippen LogP contribution in [0.3, 0.4) is 0 Å². The van der Waals surface area contributed by atoms with E-state index in [9.17, 15) is 12.8 Å². The van der Waals surface area contributed by atoms with Gasteiger partial charge in [0.05, 0.1) is 17.4 Å². The summed E-state index contributed by atoms with van der Waals surface area (Å²) < 4.78 is 43.8. The van der Waals surface area contributed by atoms with Crippen molar-refractivity contribution in [2.24, 2.45) is 0 Å². The van der Waals surface area contributed by atoms with Gasteiger partial charge in [0.2, 0.25) is 15.0 Å². The first-order valence-corrected chi connectivity index (χ1v) is 8.73. The molecule has 1 aromatic heterocycles. The van der Waals surface area contributed by atoms with E-state index in [0.717, 1.165) is 12.8 Å². The number of hydrogen-bond acceptors (Lipinski definition) is 5. The molecule has 0 spiro atoms. The van der Waals surface area contributed by atoms with Crippen molar-refractivity contribution in [3.05, 3.63) is 30.1 Å². The molecule has 0 aliphatic carbocycles. The number of benzene rings is 1. The average molecular weight is 325 g/mol. The number of ether oxygens (including phenoxy) is 1. The van der Waals surface area contributed by atoms with E-state index in [1.54, 1.807) is 12.1 Å². The van der Waals surface area contributed by atoms with Crippen LogP contribution in [0, 0.1) is 5.82 Å². The fraction of sp³-hybridized carbons (Fsp3) is 0.429. The van der Waals surface area contributed by atoms with E-state index in [2.05, 4.69) is 15.2 Å². The highest BCUT2D eigenvalue weighted by Gasteiger charge is 2.27. The fourth-order valence-electron chi connectivity index (χ4n) is 2.41. The number of nitrogens with zero attached hydrogens (tertiary/aromatic N) is 2. The van der Waals surface area contributed by atoms with Gasteiger partial charge in [-0.1, -0.05) is 12.1 Å². The summed E-state index contributed by atoms with van der Waals surface area (Å²) >= 11 is 0. The molecule has 8 heteroatoms. The van der Waals surface area contributed by atoms with Gasteiger partial charge in [-0.2, -0.15) is 10.1 Å². The smallest absolute Gasteiger partial charge is 0.243 e. The van der Waals surface area contributed by atoms with Crippen molar-refractivity contribution in [2.75, 3.05) is 12.4 Å². The second kappa shape index (κ2) is 6.13. The first kappa shape index (κ1) is 15.1. The maximum absolute atomic E-state index is 13.7. The molecule has 1 saturated heterocycles. The van der Waals surface area contributed by atoms with Gasteiger partial charge in [-0.15, -0.1) is 0 Å². The minimum Gasteiger partial charge on any atom is -0.377 e. The van der Waals surface area contributed by atoms with E-state index in [1.165, 1.54) is 12.1 Å². The Labute approximate surface area is 127 Å². The van der Waals surface area contributed by atoms with Crippen molar-refractivity contribution < 1.29 is 17.5 Å². The van der Waals surface area contributed by atoms with Gasteiger partial charge >= 0.3 is 0 Å². The lowest BCUT2D eigenvalue weighted by atomic mass is 10.1. The quantitative estimate of drug-likeness (QED) is 0.929. The second-order valence-corrected chi connectivity index (χ2v) is 7.16. The number of hydrogen-bond donors (Lipinski definition) is 1. The van der Waals surface area contributed by atoms with Crippen molar-refractivity contribution in [3.8, 4) is 11.4 Å². The standard InChI is InChI=1S/C14H16FN3O3S/c15-12-7-2-1-6-11(12)13-16-14(18-17-13)22(19,20)9-10-5-3-4-8-21-10/h1-2,6-7,10H,3-5,8-9H2,(H,16,17,18)/t10-/m1/s1. The third-order valence-corrected chi connectivity index (χ3v) is 5.14. The highest BCUT2D eigenvalue weighted by Crippen LogP contribution is 2.21. The Bertz CT molecular complexity index is 754. The summed E-state index contributed by atoms with van der Waals surface area (Å²) in [7, 11) is -3.64. The topological polar surface area (TPSA) is 84.9 Å². The van der Waals surface area contributed by atoms with Gasteiger partial charge in [0.15, 0.2) is 5.82 Å². The Kier molecular flexibility index (Phi) is 4.21. The van der Waals surface area contributed by atoms with Gasteiger partial charge in [0.1, 0.15) is 5.82 Å². The molecule has 1 aliphatic rings. The van der Waals surface area contributed by atoms with E-state index in [4.69, 9.17) is 4.74 Å². The molecule has 1 N–H and O–H groups in total. The molecular weight excluding hydrogens is 309 g/mol. The molecule has 3 rings (SSSR count). The van der Waals surface area contributed by atoms with Crippen LogP contribution in [0.15, 0.2) is 29.4 Å². The molecule has 2 heterocycles. The molecule has 22 heavy (non-hydrogen) atoms. The number of nitrogens with one attached hydrogen (secondary N) is 1. The lowest BCUT2D eigenvalue weighted by Gasteiger charge is -2.21. The minimum absolute atomic E-state index is 0.0289. The normalized spacial score (nSPS) is 19.2. The molecule has 1 aliphatic heterocycles. The highest BCUT2D eigenvalue weighted by molar-refractivity contribution is 7.91. The van der Waals surface area contributed by atoms with Gasteiger partial charge in [-0.3, -0.25) is 0 Å². The van der Waals surface area contributed by atoms with Crippen LogP contribution < -0.4 is 0 Å². The summed E-state index contributed by atoms with van der Waals surface area (Å²) in [5.41, 5.74) is 0.161. The molecule has 6 nitrogen and oxygen atoms in total. The first-order chi connectivity index (χ1) is 10.6. The lowest BCUT2D eigenvalue weighted by Crippen LogP contribution is -2.28.